The molecular formula is C20H15FN4O2. The second-order valence-corrected chi connectivity index (χ2v) is 5.83. The van der Waals surface area contributed by atoms with E-state index in [-0.39, 0.29) is 5.88 Å². The topological polar surface area (TPSA) is 87.1 Å². The van der Waals surface area contributed by atoms with Gasteiger partial charge in [0.15, 0.2) is 11.6 Å². The molecule has 134 valence electrons. The molecule has 0 aliphatic rings. The molecule has 0 spiro atoms. The van der Waals surface area contributed by atoms with Gasteiger partial charge in [0.2, 0.25) is 0 Å². The highest BCUT2D eigenvalue weighted by atomic mass is 19.1. The number of benzene rings is 1. The van der Waals surface area contributed by atoms with Gasteiger partial charge in [0, 0.05) is 24.9 Å². The third-order valence-electron chi connectivity index (χ3n) is 3.91. The molecule has 0 atom stereocenters. The first kappa shape index (κ1) is 16.7. The minimum Gasteiger partial charge on any atom is -0.436 e. The zero-order valence-corrected chi connectivity index (χ0v) is 14.2. The Hall–Kier alpha value is -3.74. The zero-order valence-electron chi connectivity index (χ0n) is 14.2. The normalized spacial score (nSPS) is 10.7. The second kappa shape index (κ2) is 7.25. The van der Waals surface area contributed by atoms with Crippen molar-refractivity contribution in [2.75, 3.05) is 5.73 Å². The first-order valence-corrected chi connectivity index (χ1v) is 8.23. The summed E-state index contributed by atoms with van der Waals surface area (Å²) in [6, 6.07) is 15.5. The molecule has 4 aromatic rings. The molecule has 1 aromatic carbocycles. The number of hydrogen-bond acceptors (Lipinski definition) is 6. The molecule has 0 saturated carbocycles. The van der Waals surface area contributed by atoms with Crippen LogP contribution < -0.4 is 10.5 Å². The highest BCUT2D eigenvalue weighted by Crippen LogP contribution is 2.26. The fourth-order valence-electron chi connectivity index (χ4n) is 2.59. The van der Waals surface area contributed by atoms with Crippen LogP contribution in [0.5, 0.6) is 11.6 Å². The van der Waals surface area contributed by atoms with E-state index in [1.165, 1.54) is 18.3 Å². The Balaban J connectivity index is 1.46. The molecule has 4 rings (SSSR count). The number of ether oxygens (including phenoxy) is 1. The van der Waals surface area contributed by atoms with Crippen LogP contribution in [0, 0.1) is 5.82 Å². The van der Waals surface area contributed by atoms with Gasteiger partial charge in [0.05, 0.1) is 11.3 Å². The summed E-state index contributed by atoms with van der Waals surface area (Å²) >= 11 is 0. The van der Waals surface area contributed by atoms with E-state index in [9.17, 15) is 4.39 Å². The van der Waals surface area contributed by atoms with Crippen LogP contribution in [-0.2, 0) is 6.42 Å². The van der Waals surface area contributed by atoms with E-state index < -0.39 is 5.82 Å². The van der Waals surface area contributed by atoms with Crippen LogP contribution >= 0.6 is 0 Å². The molecule has 7 heteroatoms. The van der Waals surface area contributed by atoms with Gasteiger partial charge in [-0.05, 0) is 42.0 Å². The Kier molecular flexibility index (Phi) is 4.49. The molecular weight excluding hydrogens is 347 g/mol. The molecule has 0 fully saturated rings. The SMILES string of the molecule is Nc1ncccc1-c1cc(Cc2ccc(Oc3ncccc3F)cc2)no1. The van der Waals surface area contributed by atoms with Crippen molar-refractivity contribution in [1.29, 1.82) is 0 Å². The van der Waals surface area contributed by atoms with E-state index in [1.54, 1.807) is 24.4 Å². The zero-order chi connectivity index (χ0) is 18.6. The van der Waals surface area contributed by atoms with Gasteiger partial charge in [-0.3, -0.25) is 0 Å². The summed E-state index contributed by atoms with van der Waals surface area (Å²) in [5.74, 6) is 0.900. The van der Waals surface area contributed by atoms with E-state index in [4.69, 9.17) is 15.0 Å². The van der Waals surface area contributed by atoms with Crippen molar-refractivity contribution in [3.63, 3.8) is 0 Å². The molecule has 0 saturated heterocycles. The lowest BCUT2D eigenvalue weighted by Crippen LogP contribution is -1.92. The lowest BCUT2D eigenvalue weighted by Gasteiger charge is -2.06. The lowest BCUT2D eigenvalue weighted by molar-refractivity contribution is 0.422. The summed E-state index contributed by atoms with van der Waals surface area (Å²) in [6.07, 6.45) is 3.67. The van der Waals surface area contributed by atoms with Crippen LogP contribution in [0.3, 0.4) is 0 Å². The number of aromatic nitrogens is 3. The van der Waals surface area contributed by atoms with Gasteiger partial charge in [-0.15, -0.1) is 0 Å². The van der Waals surface area contributed by atoms with Crippen LogP contribution in [0.1, 0.15) is 11.3 Å². The van der Waals surface area contributed by atoms with Gasteiger partial charge in [-0.2, -0.15) is 0 Å². The van der Waals surface area contributed by atoms with Crippen LogP contribution in [0.25, 0.3) is 11.3 Å². The maximum absolute atomic E-state index is 13.6. The van der Waals surface area contributed by atoms with Gasteiger partial charge >= 0.3 is 0 Å². The fourth-order valence-corrected chi connectivity index (χ4v) is 2.59. The van der Waals surface area contributed by atoms with E-state index >= 15 is 0 Å². The molecule has 0 amide bonds. The Morgan fingerprint density at radius 1 is 1.00 bits per heavy atom. The maximum atomic E-state index is 13.6. The molecule has 2 N–H and O–H groups in total. The van der Waals surface area contributed by atoms with Crippen LogP contribution in [0.15, 0.2) is 71.5 Å². The number of rotatable bonds is 5. The number of nitrogens with zero attached hydrogens (tertiary/aromatic N) is 3. The smallest absolute Gasteiger partial charge is 0.255 e. The highest BCUT2D eigenvalue weighted by molar-refractivity contribution is 5.69. The minimum absolute atomic E-state index is 0.0551. The molecule has 0 unspecified atom stereocenters. The number of nitrogen functional groups attached to an aromatic ring is 1. The van der Waals surface area contributed by atoms with Crippen molar-refractivity contribution in [2.24, 2.45) is 0 Å². The quantitative estimate of drug-likeness (QED) is 0.571. The van der Waals surface area contributed by atoms with Gasteiger partial charge < -0.3 is 15.0 Å². The van der Waals surface area contributed by atoms with Gasteiger partial charge in [-0.1, -0.05) is 17.3 Å². The lowest BCUT2D eigenvalue weighted by atomic mass is 10.1. The number of hydrogen-bond donors (Lipinski definition) is 1. The second-order valence-electron chi connectivity index (χ2n) is 5.83. The van der Waals surface area contributed by atoms with Gasteiger partial charge in [-0.25, -0.2) is 14.4 Å². The Morgan fingerprint density at radius 3 is 2.56 bits per heavy atom. The molecule has 0 bridgehead atoms. The summed E-state index contributed by atoms with van der Waals surface area (Å²) in [5, 5.41) is 4.08. The maximum Gasteiger partial charge on any atom is 0.255 e. The van der Waals surface area contributed by atoms with E-state index in [2.05, 4.69) is 15.1 Å². The summed E-state index contributed by atoms with van der Waals surface area (Å²) in [5.41, 5.74) is 8.33. The van der Waals surface area contributed by atoms with Crippen LogP contribution in [0.4, 0.5) is 10.2 Å². The number of halogens is 1. The molecule has 27 heavy (non-hydrogen) atoms. The van der Waals surface area contributed by atoms with Gasteiger partial charge in [0.25, 0.3) is 5.88 Å². The van der Waals surface area contributed by atoms with Crippen LogP contribution in [-0.4, -0.2) is 15.1 Å². The first-order valence-electron chi connectivity index (χ1n) is 8.23. The summed E-state index contributed by atoms with van der Waals surface area (Å²) < 4.78 is 24.4. The fraction of sp³-hybridized carbons (Fsp3) is 0.0500. The number of anilines is 1. The monoisotopic (exact) mass is 362 g/mol. The Morgan fingerprint density at radius 2 is 1.78 bits per heavy atom. The molecule has 0 aliphatic heterocycles. The molecule has 3 aromatic heterocycles. The molecule has 6 nitrogen and oxygen atoms in total. The molecule has 0 radical (unpaired) electrons. The molecule has 3 heterocycles. The highest BCUT2D eigenvalue weighted by Gasteiger charge is 2.11. The first-order chi connectivity index (χ1) is 13.2. The number of pyridine rings is 2. The van der Waals surface area contributed by atoms with Crippen molar-refractivity contribution in [1.82, 2.24) is 15.1 Å². The van der Waals surface area contributed by atoms with Gasteiger partial charge in [0.1, 0.15) is 11.6 Å². The minimum atomic E-state index is -0.508. The van der Waals surface area contributed by atoms with E-state index in [0.29, 0.717) is 29.3 Å². The van der Waals surface area contributed by atoms with Crippen LogP contribution in [0.2, 0.25) is 0 Å². The van der Waals surface area contributed by atoms with Crippen molar-refractivity contribution in [3.8, 4) is 23.0 Å². The molecule has 0 aliphatic carbocycles. The van der Waals surface area contributed by atoms with Crippen molar-refractivity contribution in [3.05, 3.63) is 84.1 Å². The summed E-state index contributed by atoms with van der Waals surface area (Å²) in [7, 11) is 0. The Labute approximate surface area is 154 Å². The van der Waals surface area contributed by atoms with Crippen molar-refractivity contribution < 1.29 is 13.7 Å². The van der Waals surface area contributed by atoms with Crippen molar-refractivity contribution in [2.45, 2.75) is 6.42 Å². The predicted octanol–water partition coefficient (Wildman–Crippen LogP) is 4.24. The third-order valence-corrected chi connectivity index (χ3v) is 3.91. The average Bonchev–Trinajstić information content (AvgIpc) is 3.14. The van der Waals surface area contributed by atoms with Crippen molar-refractivity contribution >= 4 is 5.82 Å². The average molecular weight is 362 g/mol. The number of nitrogens with two attached hydrogens (primary N) is 1. The van der Waals surface area contributed by atoms with E-state index in [0.717, 1.165) is 11.3 Å². The standard InChI is InChI=1S/C20H15FN4O2/c21-17-4-2-10-24-20(17)26-15-7-5-13(6-8-15)11-14-12-18(27-25-14)16-3-1-9-23-19(16)22/h1-10,12H,11H2,(H2,22,23). The Bertz CT molecular complexity index is 1060. The third kappa shape index (κ3) is 3.77. The predicted molar refractivity (Wildman–Crippen MR) is 97.7 cm³/mol. The van der Waals surface area contributed by atoms with E-state index in [1.807, 2.05) is 24.3 Å². The summed E-state index contributed by atoms with van der Waals surface area (Å²) in [4.78, 5) is 7.91. The summed E-state index contributed by atoms with van der Waals surface area (Å²) in [6.45, 7) is 0. The largest absolute Gasteiger partial charge is 0.436 e.